The van der Waals surface area contributed by atoms with Gasteiger partial charge in [-0.25, -0.2) is 4.98 Å². The van der Waals surface area contributed by atoms with E-state index < -0.39 is 29.1 Å². The summed E-state index contributed by atoms with van der Waals surface area (Å²) < 4.78 is 0. The summed E-state index contributed by atoms with van der Waals surface area (Å²) in [7, 11) is 0. The second-order valence-corrected chi connectivity index (χ2v) is 10.8. The molecule has 0 aromatic carbocycles. The number of anilines is 1. The Labute approximate surface area is 184 Å². The summed E-state index contributed by atoms with van der Waals surface area (Å²) >= 11 is 1.42. The normalized spacial score (nSPS) is 15.4. The van der Waals surface area contributed by atoms with Crippen LogP contribution in [0.4, 0.5) is 5.13 Å². The molecular formula is C22H39N3O4S. The van der Waals surface area contributed by atoms with Crippen LogP contribution < -0.4 is 10.6 Å². The molecule has 3 atom stereocenters. The molecule has 1 heterocycles. The lowest BCUT2D eigenvalue weighted by atomic mass is 9.88. The number of aromatic nitrogens is 1. The van der Waals surface area contributed by atoms with E-state index in [-0.39, 0.29) is 11.8 Å². The van der Waals surface area contributed by atoms with Crippen LogP contribution >= 0.6 is 11.3 Å². The van der Waals surface area contributed by atoms with Crippen molar-refractivity contribution in [3.63, 3.8) is 0 Å². The van der Waals surface area contributed by atoms with Crippen molar-refractivity contribution in [2.75, 3.05) is 5.32 Å². The van der Waals surface area contributed by atoms with Gasteiger partial charge in [-0.3, -0.25) is 9.59 Å². The maximum Gasteiger partial charge on any atom is 0.250 e. The molecule has 1 aromatic heterocycles. The third-order valence-electron chi connectivity index (χ3n) is 4.94. The largest absolute Gasteiger partial charge is 0.390 e. The Hall–Kier alpha value is -1.51. The fraction of sp³-hybridized carbons (Fsp3) is 0.773. The van der Waals surface area contributed by atoms with Gasteiger partial charge in [0.2, 0.25) is 11.8 Å². The summed E-state index contributed by atoms with van der Waals surface area (Å²) in [5.41, 5.74) is -1.27. The second-order valence-electron chi connectivity index (χ2n) is 9.78. The van der Waals surface area contributed by atoms with Crippen LogP contribution in [0.15, 0.2) is 6.20 Å². The maximum absolute atomic E-state index is 12.7. The summed E-state index contributed by atoms with van der Waals surface area (Å²) in [4.78, 5) is 30.4. The number of carbonyl (C=O) groups excluding carboxylic acids is 2. The van der Waals surface area contributed by atoms with Crippen LogP contribution in [0, 0.1) is 5.41 Å². The van der Waals surface area contributed by atoms with Crippen LogP contribution in [-0.4, -0.2) is 44.8 Å². The van der Waals surface area contributed by atoms with Gasteiger partial charge in [-0.2, -0.15) is 0 Å². The molecule has 0 aliphatic heterocycles. The zero-order valence-corrected chi connectivity index (χ0v) is 20.2. The number of aliphatic hydroxyl groups is 2. The predicted octanol–water partition coefficient (Wildman–Crippen LogP) is 3.82. The van der Waals surface area contributed by atoms with Crippen molar-refractivity contribution in [1.29, 1.82) is 0 Å². The summed E-state index contributed by atoms with van der Waals surface area (Å²) in [5.74, 6) is -0.596. The average Bonchev–Trinajstić information content (AvgIpc) is 3.07. The highest BCUT2D eigenvalue weighted by Crippen LogP contribution is 2.30. The number of hydrogen-bond acceptors (Lipinski definition) is 6. The van der Waals surface area contributed by atoms with E-state index in [2.05, 4.69) is 22.5 Å². The van der Waals surface area contributed by atoms with Crippen LogP contribution in [0.25, 0.3) is 0 Å². The molecule has 0 spiro atoms. The first-order valence-electron chi connectivity index (χ1n) is 10.7. The second kappa shape index (κ2) is 11.2. The van der Waals surface area contributed by atoms with Crippen LogP contribution in [0.5, 0.6) is 0 Å². The van der Waals surface area contributed by atoms with E-state index in [4.69, 9.17) is 0 Å². The Balaban J connectivity index is 2.69. The van der Waals surface area contributed by atoms with Gasteiger partial charge in [-0.15, -0.1) is 11.3 Å². The van der Waals surface area contributed by atoms with Gasteiger partial charge in [0, 0.05) is 11.1 Å². The van der Waals surface area contributed by atoms with Gasteiger partial charge in [0.05, 0.1) is 5.60 Å². The van der Waals surface area contributed by atoms with Crippen LogP contribution in [0.3, 0.4) is 0 Å². The Bertz CT molecular complexity index is 691. The fourth-order valence-electron chi connectivity index (χ4n) is 2.95. The molecule has 172 valence electrons. The molecule has 7 nitrogen and oxygen atoms in total. The Morgan fingerprint density at radius 2 is 1.80 bits per heavy atom. The van der Waals surface area contributed by atoms with E-state index in [1.807, 2.05) is 20.8 Å². The number of thiazole rings is 1. The SMILES string of the molecule is CCCC(NC(=O)C(O)C(C)(C)C)C(=O)Nc1ncc(C(C)CCCC(C)(C)O)s1. The van der Waals surface area contributed by atoms with Crippen LogP contribution in [0.2, 0.25) is 0 Å². The topological polar surface area (TPSA) is 112 Å². The third kappa shape index (κ3) is 9.10. The summed E-state index contributed by atoms with van der Waals surface area (Å²) in [6.45, 7) is 13.0. The van der Waals surface area contributed by atoms with E-state index in [0.29, 0.717) is 18.0 Å². The van der Waals surface area contributed by atoms with Crippen molar-refractivity contribution in [3.05, 3.63) is 11.1 Å². The van der Waals surface area contributed by atoms with E-state index in [1.54, 1.807) is 27.0 Å². The molecular weight excluding hydrogens is 402 g/mol. The van der Waals surface area contributed by atoms with Crippen LogP contribution in [-0.2, 0) is 9.59 Å². The molecule has 0 aliphatic rings. The lowest BCUT2D eigenvalue weighted by molar-refractivity contribution is -0.137. The van der Waals surface area contributed by atoms with Crippen molar-refractivity contribution >= 4 is 28.3 Å². The predicted molar refractivity (Wildman–Crippen MR) is 122 cm³/mol. The summed E-state index contributed by atoms with van der Waals surface area (Å²) in [6, 6.07) is -0.726. The molecule has 0 fully saturated rings. The van der Waals surface area contributed by atoms with Gasteiger partial charge in [0.15, 0.2) is 5.13 Å². The average molecular weight is 442 g/mol. The molecule has 8 heteroatoms. The quantitative estimate of drug-likeness (QED) is 0.417. The molecule has 0 saturated carbocycles. The van der Waals surface area contributed by atoms with E-state index in [1.165, 1.54) is 11.3 Å². The van der Waals surface area contributed by atoms with Gasteiger partial charge in [0.1, 0.15) is 12.1 Å². The first-order valence-corrected chi connectivity index (χ1v) is 11.5. The standard InChI is InChI=1S/C22H39N3O4S/c1-8-10-15(24-19(28)17(26)21(3,4)5)18(27)25-20-23-13-16(30-20)14(2)11-9-12-22(6,7)29/h13-15,17,26,29H,8-12H2,1-7H3,(H,24,28)(H,23,25,27). The molecule has 4 N–H and O–H groups in total. The summed E-state index contributed by atoms with van der Waals surface area (Å²) in [5, 5.41) is 26.0. The molecule has 1 aromatic rings. The maximum atomic E-state index is 12.7. The minimum Gasteiger partial charge on any atom is -0.390 e. The molecule has 1 rings (SSSR count). The molecule has 0 radical (unpaired) electrons. The monoisotopic (exact) mass is 441 g/mol. The van der Waals surface area contributed by atoms with E-state index in [9.17, 15) is 19.8 Å². The molecule has 3 unspecified atom stereocenters. The number of amides is 2. The minimum atomic E-state index is -1.19. The van der Waals surface area contributed by atoms with Gasteiger partial charge >= 0.3 is 0 Å². The first-order chi connectivity index (χ1) is 13.7. The third-order valence-corrected chi connectivity index (χ3v) is 6.09. The lowest BCUT2D eigenvalue weighted by Crippen LogP contribution is -2.50. The highest BCUT2D eigenvalue weighted by molar-refractivity contribution is 7.15. The molecule has 0 aliphatic carbocycles. The molecule has 30 heavy (non-hydrogen) atoms. The Morgan fingerprint density at radius 3 is 2.33 bits per heavy atom. The Morgan fingerprint density at radius 1 is 1.17 bits per heavy atom. The van der Waals surface area contributed by atoms with Crippen molar-refractivity contribution in [2.24, 2.45) is 5.41 Å². The summed E-state index contributed by atoms with van der Waals surface area (Å²) in [6.07, 6.45) is 4.33. The first kappa shape index (κ1) is 26.5. The number of nitrogens with zero attached hydrogens (tertiary/aromatic N) is 1. The lowest BCUT2D eigenvalue weighted by Gasteiger charge is -2.26. The molecule has 0 saturated heterocycles. The van der Waals surface area contributed by atoms with Crippen molar-refractivity contribution in [1.82, 2.24) is 10.3 Å². The number of hydrogen-bond donors (Lipinski definition) is 4. The minimum absolute atomic E-state index is 0.281. The zero-order chi connectivity index (χ0) is 23.1. The van der Waals surface area contributed by atoms with E-state index >= 15 is 0 Å². The number of rotatable bonds is 11. The number of aliphatic hydroxyl groups excluding tert-OH is 1. The van der Waals surface area contributed by atoms with Gasteiger partial charge in [-0.1, -0.05) is 41.0 Å². The van der Waals surface area contributed by atoms with Crippen molar-refractivity contribution in [3.8, 4) is 0 Å². The number of carbonyl (C=O) groups is 2. The van der Waals surface area contributed by atoms with Gasteiger partial charge in [0.25, 0.3) is 0 Å². The van der Waals surface area contributed by atoms with E-state index in [0.717, 1.165) is 24.1 Å². The smallest absolute Gasteiger partial charge is 0.250 e. The van der Waals surface area contributed by atoms with Crippen molar-refractivity contribution in [2.45, 2.75) is 104 Å². The fourth-order valence-corrected chi connectivity index (χ4v) is 3.85. The molecule has 0 bridgehead atoms. The Kier molecular flexibility index (Phi) is 9.91. The zero-order valence-electron chi connectivity index (χ0n) is 19.4. The van der Waals surface area contributed by atoms with Gasteiger partial charge < -0.3 is 20.8 Å². The highest BCUT2D eigenvalue weighted by atomic mass is 32.1. The van der Waals surface area contributed by atoms with Crippen molar-refractivity contribution < 1.29 is 19.8 Å². The van der Waals surface area contributed by atoms with Gasteiger partial charge in [-0.05, 0) is 50.9 Å². The molecule has 2 amide bonds. The van der Waals surface area contributed by atoms with Crippen LogP contribution in [0.1, 0.15) is 91.4 Å². The number of nitrogens with one attached hydrogen (secondary N) is 2. The highest BCUT2D eigenvalue weighted by Gasteiger charge is 2.32.